The van der Waals surface area contributed by atoms with E-state index in [4.69, 9.17) is 11.6 Å². The van der Waals surface area contributed by atoms with Crippen LogP contribution in [-0.2, 0) is 6.54 Å². The van der Waals surface area contributed by atoms with Gasteiger partial charge in [-0.2, -0.15) is 4.91 Å². The van der Waals surface area contributed by atoms with Gasteiger partial charge in [0, 0.05) is 28.5 Å². The van der Waals surface area contributed by atoms with Gasteiger partial charge in [0.15, 0.2) is 0 Å². The number of halogens is 1. The highest BCUT2D eigenvalue weighted by Gasteiger charge is 2.12. The normalized spacial score (nSPS) is 11.4. The van der Waals surface area contributed by atoms with Gasteiger partial charge in [0.1, 0.15) is 6.04 Å². The van der Waals surface area contributed by atoms with E-state index in [9.17, 15) is 4.91 Å². The first kappa shape index (κ1) is 16.0. The Morgan fingerprint density at radius 2 is 1.67 bits per heavy atom. The van der Waals surface area contributed by atoms with E-state index in [1.807, 2.05) is 59.3 Å². The Kier molecular flexibility index (Phi) is 5.05. The van der Waals surface area contributed by atoms with Crippen LogP contribution in [0.4, 0.5) is 0 Å². The molecule has 118 valence electrons. The van der Waals surface area contributed by atoms with Crippen molar-refractivity contribution >= 4 is 11.6 Å². The molecule has 3 aromatic rings. The minimum atomic E-state index is -0.447. The molecule has 0 bridgehead atoms. The highest BCUT2D eigenvalue weighted by atomic mass is 35.5. The van der Waals surface area contributed by atoms with E-state index in [-0.39, 0.29) is 0 Å². The molecule has 0 spiro atoms. The standard InChI is InChI=1S/C19H14ClN3O/c20-18-9-5-16(6-10-18)2-1-15-3-7-17(8-4-15)19(22-24)13-23-12-11-21-14-23/h3-12,14,19H,13H2. The molecule has 1 unspecified atom stereocenters. The Hall–Kier alpha value is -2.90. The Morgan fingerprint density at radius 1 is 1.04 bits per heavy atom. The minimum Gasteiger partial charge on any atom is -0.335 e. The largest absolute Gasteiger partial charge is 0.335 e. The lowest BCUT2D eigenvalue weighted by atomic mass is 10.1. The molecule has 1 aromatic heterocycles. The maximum atomic E-state index is 11.1. The number of benzene rings is 2. The van der Waals surface area contributed by atoms with Crippen LogP contribution >= 0.6 is 11.6 Å². The van der Waals surface area contributed by atoms with Gasteiger partial charge in [-0.15, -0.1) is 0 Å². The summed E-state index contributed by atoms with van der Waals surface area (Å²) in [6, 6.07) is 14.5. The number of imidazole rings is 1. The van der Waals surface area contributed by atoms with Crippen molar-refractivity contribution in [1.29, 1.82) is 0 Å². The zero-order chi connectivity index (χ0) is 16.8. The van der Waals surface area contributed by atoms with Gasteiger partial charge >= 0.3 is 0 Å². The van der Waals surface area contributed by atoms with E-state index in [1.54, 1.807) is 12.5 Å². The monoisotopic (exact) mass is 335 g/mol. The fourth-order valence-corrected chi connectivity index (χ4v) is 2.39. The number of nitroso groups, excluding NO2 is 1. The zero-order valence-corrected chi connectivity index (χ0v) is 13.5. The Labute approximate surface area is 145 Å². The highest BCUT2D eigenvalue weighted by Crippen LogP contribution is 2.20. The Balaban J connectivity index is 1.73. The van der Waals surface area contributed by atoms with Gasteiger partial charge in [0.2, 0.25) is 0 Å². The van der Waals surface area contributed by atoms with Gasteiger partial charge in [-0.25, -0.2) is 4.98 Å². The summed E-state index contributed by atoms with van der Waals surface area (Å²) >= 11 is 5.85. The van der Waals surface area contributed by atoms with Crippen molar-refractivity contribution < 1.29 is 0 Å². The number of nitrogens with zero attached hydrogens (tertiary/aromatic N) is 3. The Bertz CT molecular complexity index is 860. The van der Waals surface area contributed by atoms with E-state index in [2.05, 4.69) is 22.0 Å². The van der Waals surface area contributed by atoms with Crippen LogP contribution in [-0.4, -0.2) is 9.55 Å². The van der Waals surface area contributed by atoms with E-state index >= 15 is 0 Å². The summed E-state index contributed by atoms with van der Waals surface area (Å²) in [5, 5.41) is 3.91. The van der Waals surface area contributed by atoms with Crippen LogP contribution in [0, 0.1) is 16.7 Å². The van der Waals surface area contributed by atoms with Crippen molar-refractivity contribution in [2.45, 2.75) is 12.6 Å². The van der Waals surface area contributed by atoms with Crippen molar-refractivity contribution in [1.82, 2.24) is 9.55 Å². The smallest absolute Gasteiger partial charge is 0.135 e. The van der Waals surface area contributed by atoms with Gasteiger partial charge in [-0.05, 0) is 42.0 Å². The summed E-state index contributed by atoms with van der Waals surface area (Å²) < 4.78 is 1.83. The highest BCUT2D eigenvalue weighted by molar-refractivity contribution is 6.30. The number of hydrogen-bond acceptors (Lipinski definition) is 3. The first-order chi connectivity index (χ1) is 11.7. The summed E-state index contributed by atoms with van der Waals surface area (Å²) in [5.74, 6) is 6.17. The lowest BCUT2D eigenvalue weighted by Gasteiger charge is -2.10. The number of rotatable bonds is 4. The van der Waals surface area contributed by atoms with Gasteiger partial charge < -0.3 is 4.57 Å². The maximum absolute atomic E-state index is 11.1. The molecule has 5 heteroatoms. The van der Waals surface area contributed by atoms with Crippen LogP contribution in [0.3, 0.4) is 0 Å². The zero-order valence-electron chi connectivity index (χ0n) is 12.8. The second kappa shape index (κ2) is 7.58. The minimum absolute atomic E-state index is 0.447. The van der Waals surface area contributed by atoms with Crippen LogP contribution in [0.5, 0.6) is 0 Å². The molecule has 0 aliphatic carbocycles. The fourth-order valence-electron chi connectivity index (χ4n) is 2.26. The molecule has 1 heterocycles. The van der Waals surface area contributed by atoms with Crippen LogP contribution in [0.2, 0.25) is 5.02 Å². The molecule has 0 saturated carbocycles. The van der Waals surface area contributed by atoms with Crippen molar-refractivity contribution in [2.75, 3.05) is 0 Å². The molecule has 3 rings (SSSR count). The third kappa shape index (κ3) is 4.09. The average molecular weight is 336 g/mol. The first-order valence-electron chi connectivity index (χ1n) is 7.40. The Morgan fingerprint density at radius 3 is 2.21 bits per heavy atom. The summed E-state index contributed by atoms with van der Waals surface area (Å²) in [6.07, 6.45) is 5.16. The van der Waals surface area contributed by atoms with E-state index < -0.39 is 6.04 Å². The third-order valence-electron chi connectivity index (χ3n) is 3.56. The van der Waals surface area contributed by atoms with Crippen molar-refractivity contribution in [3.05, 3.63) is 93.9 Å². The summed E-state index contributed by atoms with van der Waals surface area (Å²) in [7, 11) is 0. The maximum Gasteiger partial charge on any atom is 0.135 e. The fraction of sp³-hybridized carbons (Fsp3) is 0.105. The third-order valence-corrected chi connectivity index (χ3v) is 3.81. The molecular formula is C19H14ClN3O. The number of aromatic nitrogens is 2. The topological polar surface area (TPSA) is 47.2 Å². The molecule has 24 heavy (non-hydrogen) atoms. The molecule has 4 nitrogen and oxygen atoms in total. The van der Waals surface area contributed by atoms with Crippen molar-refractivity contribution in [2.24, 2.45) is 5.18 Å². The molecule has 0 amide bonds. The summed E-state index contributed by atoms with van der Waals surface area (Å²) in [4.78, 5) is 15.1. The van der Waals surface area contributed by atoms with Crippen LogP contribution in [0.25, 0.3) is 0 Å². The summed E-state index contributed by atoms with van der Waals surface area (Å²) in [5.41, 5.74) is 2.63. The second-order valence-corrected chi connectivity index (χ2v) is 5.70. The first-order valence-corrected chi connectivity index (χ1v) is 7.78. The molecule has 1 atom stereocenters. The van der Waals surface area contributed by atoms with Crippen LogP contribution in [0.15, 0.2) is 72.4 Å². The predicted molar refractivity (Wildman–Crippen MR) is 94.6 cm³/mol. The molecule has 0 N–H and O–H groups in total. The lowest BCUT2D eigenvalue weighted by Crippen LogP contribution is -2.05. The second-order valence-electron chi connectivity index (χ2n) is 5.26. The molecule has 0 aliphatic rings. The predicted octanol–water partition coefficient (Wildman–Crippen LogP) is 4.44. The van der Waals surface area contributed by atoms with E-state index in [0.717, 1.165) is 16.7 Å². The van der Waals surface area contributed by atoms with Crippen LogP contribution < -0.4 is 0 Å². The van der Waals surface area contributed by atoms with Gasteiger partial charge in [-0.1, -0.05) is 40.8 Å². The van der Waals surface area contributed by atoms with Crippen molar-refractivity contribution in [3.63, 3.8) is 0 Å². The average Bonchev–Trinajstić information content (AvgIpc) is 3.13. The van der Waals surface area contributed by atoms with E-state index in [1.165, 1.54) is 0 Å². The molecule has 0 fully saturated rings. The molecule has 0 saturated heterocycles. The SMILES string of the molecule is O=NC(Cn1ccnc1)c1ccc(C#Cc2ccc(Cl)cc2)cc1. The van der Waals surface area contributed by atoms with Gasteiger partial charge in [0.25, 0.3) is 0 Å². The quantitative estimate of drug-likeness (QED) is 0.522. The van der Waals surface area contributed by atoms with Gasteiger partial charge in [-0.3, -0.25) is 0 Å². The van der Waals surface area contributed by atoms with Crippen molar-refractivity contribution in [3.8, 4) is 11.8 Å². The van der Waals surface area contributed by atoms with E-state index in [0.29, 0.717) is 11.6 Å². The molecule has 0 radical (unpaired) electrons. The molecule has 2 aromatic carbocycles. The van der Waals surface area contributed by atoms with Crippen LogP contribution in [0.1, 0.15) is 22.7 Å². The van der Waals surface area contributed by atoms with Gasteiger partial charge in [0.05, 0.1) is 12.9 Å². The molecular weight excluding hydrogens is 322 g/mol. The summed E-state index contributed by atoms with van der Waals surface area (Å²) in [6.45, 7) is 0.472. The lowest BCUT2D eigenvalue weighted by molar-refractivity contribution is 0.575. The number of hydrogen-bond donors (Lipinski definition) is 0. The molecule has 0 aliphatic heterocycles.